The van der Waals surface area contributed by atoms with E-state index in [2.05, 4.69) is 5.32 Å². The van der Waals surface area contributed by atoms with Crippen LogP contribution in [0.5, 0.6) is 0 Å². The Morgan fingerprint density at radius 1 is 1.38 bits per heavy atom. The second-order valence-corrected chi connectivity index (χ2v) is 3.02. The molecule has 0 aliphatic heterocycles. The molecular formula is C10H10ClN3O2. The molecule has 4 N–H and O–H groups in total. The summed E-state index contributed by atoms with van der Waals surface area (Å²) in [5, 5.41) is 9.90. The molecule has 84 valence electrons. The molecule has 2 aromatic rings. The average Bonchev–Trinajstić information content (AvgIpc) is 2.59. The van der Waals surface area contributed by atoms with Crippen molar-refractivity contribution in [3.63, 3.8) is 0 Å². The molecule has 5 nitrogen and oxygen atoms in total. The summed E-state index contributed by atoms with van der Waals surface area (Å²) in [4.78, 5) is 11.4. The first kappa shape index (κ1) is 12.1. The van der Waals surface area contributed by atoms with Crippen LogP contribution in [0.2, 0.25) is 0 Å². The number of furan rings is 1. The van der Waals surface area contributed by atoms with Gasteiger partial charge in [-0.25, -0.2) is 0 Å². The van der Waals surface area contributed by atoms with Crippen LogP contribution in [0.4, 0.5) is 0 Å². The van der Waals surface area contributed by atoms with E-state index in [0.717, 1.165) is 5.39 Å². The molecule has 0 aliphatic rings. The van der Waals surface area contributed by atoms with E-state index < -0.39 is 11.9 Å². The number of hydrogen-bond acceptors (Lipinski definition) is 3. The summed E-state index contributed by atoms with van der Waals surface area (Å²) < 4.78 is 5.27. The molecule has 1 aromatic carbocycles. The molecule has 0 saturated carbocycles. The predicted molar refractivity (Wildman–Crippen MR) is 62.8 cm³/mol. The number of hydrogen-bond donors (Lipinski definition) is 3. The van der Waals surface area contributed by atoms with Crippen molar-refractivity contribution in [2.75, 3.05) is 0 Å². The van der Waals surface area contributed by atoms with Crippen LogP contribution in [-0.2, 0) is 0 Å². The zero-order valence-corrected chi connectivity index (χ0v) is 9.01. The third-order valence-corrected chi connectivity index (χ3v) is 1.90. The van der Waals surface area contributed by atoms with Crippen molar-refractivity contribution in [2.24, 2.45) is 5.73 Å². The Bertz CT molecular complexity index is 503. The molecule has 1 heterocycles. The molecule has 0 radical (unpaired) electrons. The van der Waals surface area contributed by atoms with Crippen molar-refractivity contribution < 1.29 is 9.21 Å². The second kappa shape index (κ2) is 4.67. The van der Waals surface area contributed by atoms with E-state index in [1.54, 1.807) is 12.1 Å². The Labute approximate surface area is 97.5 Å². The van der Waals surface area contributed by atoms with Crippen LogP contribution in [0, 0.1) is 5.41 Å². The SMILES string of the molecule is Cl.N=C(N)NC(=O)c1cc2ccccc2o1. The molecule has 0 unspecified atom stereocenters. The van der Waals surface area contributed by atoms with Gasteiger partial charge in [0.15, 0.2) is 11.7 Å². The summed E-state index contributed by atoms with van der Waals surface area (Å²) in [5.74, 6) is -0.773. The first-order valence-electron chi connectivity index (χ1n) is 4.31. The molecule has 2 rings (SSSR count). The lowest BCUT2D eigenvalue weighted by Crippen LogP contribution is -2.35. The van der Waals surface area contributed by atoms with Crippen molar-refractivity contribution in [3.05, 3.63) is 36.1 Å². The van der Waals surface area contributed by atoms with Gasteiger partial charge in [0.25, 0.3) is 5.91 Å². The van der Waals surface area contributed by atoms with Gasteiger partial charge in [0.05, 0.1) is 0 Å². The number of nitrogens with one attached hydrogen (secondary N) is 2. The van der Waals surface area contributed by atoms with Crippen molar-refractivity contribution in [1.82, 2.24) is 5.32 Å². The fourth-order valence-corrected chi connectivity index (χ4v) is 1.28. The van der Waals surface area contributed by atoms with E-state index in [4.69, 9.17) is 15.6 Å². The molecule has 0 atom stereocenters. The highest BCUT2D eigenvalue weighted by molar-refractivity contribution is 6.04. The maximum Gasteiger partial charge on any atom is 0.293 e. The lowest BCUT2D eigenvalue weighted by molar-refractivity contribution is 0.0951. The summed E-state index contributed by atoms with van der Waals surface area (Å²) in [5.41, 5.74) is 5.67. The molecule has 0 saturated heterocycles. The van der Waals surface area contributed by atoms with Gasteiger partial charge in [-0.3, -0.25) is 15.5 Å². The van der Waals surface area contributed by atoms with Crippen LogP contribution in [0.3, 0.4) is 0 Å². The lowest BCUT2D eigenvalue weighted by Gasteiger charge is -1.97. The number of para-hydroxylation sites is 1. The summed E-state index contributed by atoms with van der Waals surface area (Å²) in [6.45, 7) is 0. The fourth-order valence-electron chi connectivity index (χ4n) is 1.28. The number of fused-ring (bicyclic) bond motifs is 1. The third-order valence-electron chi connectivity index (χ3n) is 1.90. The minimum Gasteiger partial charge on any atom is -0.451 e. The fraction of sp³-hybridized carbons (Fsp3) is 0. The Morgan fingerprint density at radius 3 is 2.69 bits per heavy atom. The van der Waals surface area contributed by atoms with Gasteiger partial charge in [-0.1, -0.05) is 18.2 Å². The normalized spacial score (nSPS) is 9.50. The average molecular weight is 240 g/mol. The zero-order chi connectivity index (χ0) is 10.8. The van der Waals surface area contributed by atoms with Crippen LogP contribution in [0.1, 0.15) is 10.6 Å². The number of carbonyl (C=O) groups is 1. The Kier molecular flexibility index (Phi) is 3.52. The molecule has 1 aromatic heterocycles. The van der Waals surface area contributed by atoms with E-state index in [1.165, 1.54) is 0 Å². The van der Waals surface area contributed by atoms with Crippen LogP contribution in [-0.4, -0.2) is 11.9 Å². The Balaban J connectivity index is 0.00000128. The quantitative estimate of drug-likeness (QED) is 0.520. The summed E-state index contributed by atoms with van der Waals surface area (Å²) in [6.07, 6.45) is 0. The van der Waals surface area contributed by atoms with Gasteiger partial charge in [-0.2, -0.15) is 0 Å². The number of halogens is 1. The Morgan fingerprint density at radius 2 is 2.06 bits per heavy atom. The number of rotatable bonds is 1. The minimum atomic E-state index is -0.515. The topological polar surface area (TPSA) is 92.1 Å². The number of nitrogens with two attached hydrogens (primary N) is 1. The Hall–Kier alpha value is -2.01. The van der Waals surface area contributed by atoms with Crippen molar-refractivity contribution in [2.45, 2.75) is 0 Å². The van der Waals surface area contributed by atoms with Crippen molar-refractivity contribution in [3.8, 4) is 0 Å². The number of guanidine groups is 1. The molecule has 0 bridgehead atoms. The van der Waals surface area contributed by atoms with E-state index in [9.17, 15) is 4.79 Å². The number of carbonyl (C=O) groups excluding carboxylic acids is 1. The largest absolute Gasteiger partial charge is 0.451 e. The first-order chi connectivity index (χ1) is 7.16. The van der Waals surface area contributed by atoms with E-state index in [0.29, 0.717) is 5.58 Å². The standard InChI is InChI=1S/C10H9N3O2.ClH/c11-10(12)13-9(14)8-5-6-3-1-2-4-7(6)15-8;/h1-5H,(H4,11,12,13,14);1H. The van der Waals surface area contributed by atoms with E-state index >= 15 is 0 Å². The summed E-state index contributed by atoms with van der Waals surface area (Å²) in [7, 11) is 0. The molecule has 16 heavy (non-hydrogen) atoms. The lowest BCUT2D eigenvalue weighted by atomic mass is 10.2. The van der Waals surface area contributed by atoms with Crippen LogP contribution in [0.15, 0.2) is 34.7 Å². The van der Waals surface area contributed by atoms with Gasteiger partial charge in [0.1, 0.15) is 5.58 Å². The van der Waals surface area contributed by atoms with Gasteiger partial charge >= 0.3 is 0 Å². The van der Waals surface area contributed by atoms with Crippen LogP contribution in [0.25, 0.3) is 11.0 Å². The third kappa shape index (κ3) is 2.32. The maximum absolute atomic E-state index is 11.4. The number of benzene rings is 1. The molecular weight excluding hydrogens is 230 g/mol. The molecule has 6 heteroatoms. The van der Waals surface area contributed by atoms with Gasteiger partial charge in [-0.05, 0) is 12.1 Å². The first-order valence-corrected chi connectivity index (χ1v) is 4.31. The molecule has 0 aliphatic carbocycles. The van der Waals surface area contributed by atoms with Crippen molar-refractivity contribution >= 4 is 35.2 Å². The predicted octanol–water partition coefficient (Wildman–Crippen LogP) is 1.48. The summed E-state index contributed by atoms with van der Waals surface area (Å²) >= 11 is 0. The zero-order valence-electron chi connectivity index (χ0n) is 8.19. The number of amides is 1. The molecule has 0 spiro atoms. The van der Waals surface area contributed by atoms with Gasteiger partial charge in [0, 0.05) is 5.39 Å². The van der Waals surface area contributed by atoms with Gasteiger partial charge in [0.2, 0.25) is 0 Å². The van der Waals surface area contributed by atoms with Gasteiger partial charge in [-0.15, -0.1) is 12.4 Å². The van der Waals surface area contributed by atoms with Crippen LogP contribution >= 0.6 is 12.4 Å². The highest BCUT2D eigenvalue weighted by Gasteiger charge is 2.11. The highest BCUT2D eigenvalue weighted by atomic mass is 35.5. The second-order valence-electron chi connectivity index (χ2n) is 3.02. The van der Waals surface area contributed by atoms with Gasteiger partial charge < -0.3 is 10.2 Å². The smallest absolute Gasteiger partial charge is 0.293 e. The summed E-state index contributed by atoms with van der Waals surface area (Å²) in [6, 6.07) is 8.87. The van der Waals surface area contributed by atoms with Crippen molar-refractivity contribution in [1.29, 1.82) is 5.41 Å². The van der Waals surface area contributed by atoms with E-state index in [1.807, 2.05) is 18.2 Å². The molecule has 0 fully saturated rings. The minimum absolute atomic E-state index is 0. The van der Waals surface area contributed by atoms with Crippen LogP contribution < -0.4 is 11.1 Å². The van der Waals surface area contributed by atoms with E-state index in [-0.39, 0.29) is 18.2 Å². The maximum atomic E-state index is 11.4. The highest BCUT2D eigenvalue weighted by Crippen LogP contribution is 2.18. The molecule has 1 amide bonds. The monoisotopic (exact) mass is 239 g/mol.